The monoisotopic (exact) mass is 247 g/mol. The Morgan fingerprint density at radius 1 is 1.40 bits per heavy atom. The minimum absolute atomic E-state index is 0.0336. The standard InChI is InChI=1S/C11H15Cl2NO/c1-3-14-7(2)11(15)9-5-4-8(12)6-10(9)13/h4-7,11,14-15H,3H2,1-2H3. The Bertz CT molecular complexity index is 330. The van der Waals surface area contributed by atoms with Crippen LogP contribution >= 0.6 is 23.2 Å². The van der Waals surface area contributed by atoms with Crippen LogP contribution < -0.4 is 5.32 Å². The summed E-state index contributed by atoms with van der Waals surface area (Å²) >= 11 is 11.8. The Labute approximate surface area is 100 Å². The molecule has 2 nitrogen and oxygen atoms in total. The van der Waals surface area contributed by atoms with Crippen LogP contribution in [0.5, 0.6) is 0 Å². The van der Waals surface area contributed by atoms with E-state index in [9.17, 15) is 5.11 Å². The van der Waals surface area contributed by atoms with Crippen LogP contribution in [0.2, 0.25) is 10.0 Å². The van der Waals surface area contributed by atoms with Crippen molar-refractivity contribution in [2.24, 2.45) is 0 Å². The lowest BCUT2D eigenvalue weighted by Gasteiger charge is -2.20. The van der Waals surface area contributed by atoms with Gasteiger partial charge in [0.1, 0.15) is 0 Å². The lowest BCUT2D eigenvalue weighted by Crippen LogP contribution is -2.31. The van der Waals surface area contributed by atoms with Gasteiger partial charge >= 0.3 is 0 Å². The minimum Gasteiger partial charge on any atom is -0.387 e. The number of hydrogen-bond acceptors (Lipinski definition) is 2. The number of likely N-dealkylation sites (N-methyl/N-ethyl adjacent to an activating group) is 1. The number of rotatable bonds is 4. The molecule has 2 atom stereocenters. The summed E-state index contributed by atoms with van der Waals surface area (Å²) in [6, 6.07) is 5.09. The van der Waals surface area contributed by atoms with Gasteiger partial charge in [0.2, 0.25) is 0 Å². The maximum atomic E-state index is 10.0. The van der Waals surface area contributed by atoms with Gasteiger partial charge in [-0.3, -0.25) is 0 Å². The number of aliphatic hydroxyl groups is 1. The molecule has 1 aromatic carbocycles. The van der Waals surface area contributed by atoms with E-state index in [4.69, 9.17) is 23.2 Å². The molecule has 84 valence electrons. The van der Waals surface area contributed by atoms with E-state index in [0.717, 1.165) is 6.54 Å². The third-order valence-electron chi connectivity index (χ3n) is 2.28. The van der Waals surface area contributed by atoms with E-state index >= 15 is 0 Å². The second kappa shape index (κ2) is 5.71. The molecule has 2 unspecified atom stereocenters. The summed E-state index contributed by atoms with van der Waals surface area (Å²) in [5.41, 5.74) is 0.703. The van der Waals surface area contributed by atoms with Crippen molar-refractivity contribution >= 4 is 23.2 Å². The first-order valence-electron chi connectivity index (χ1n) is 4.92. The van der Waals surface area contributed by atoms with E-state index in [1.165, 1.54) is 0 Å². The Hall–Kier alpha value is -0.280. The van der Waals surface area contributed by atoms with Crippen molar-refractivity contribution in [3.63, 3.8) is 0 Å². The second-order valence-electron chi connectivity index (χ2n) is 3.46. The van der Waals surface area contributed by atoms with E-state index in [2.05, 4.69) is 5.32 Å². The van der Waals surface area contributed by atoms with Crippen LogP contribution in [0.25, 0.3) is 0 Å². The van der Waals surface area contributed by atoms with Crippen molar-refractivity contribution in [1.82, 2.24) is 5.32 Å². The van der Waals surface area contributed by atoms with Gasteiger partial charge in [-0.15, -0.1) is 0 Å². The Kier molecular flexibility index (Phi) is 4.87. The third kappa shape index (κ3) is 3.35. The molecule has 1 aromatic rings. The molecule has 0 spiro atoms. The van der Waals surface area contributed by atoms with Crippen LogP contribution in [0.15, 0.2) is 18.2 Å². The average Bonchev–Trinajstić information content (AvgIpc) is 2.17. The molecule has 0 aliphatic heterocycles. The molecule has 0 bridgehead atoms. The van der Waals surface area contributed by atoms with Gasteiger partial charge in [0.15, 0.2) is 0 Å². The van der Waals surface area contributed by atoms with Crippen molar-refractivity contribution < 1.29 is 5.11 Å². The first-order chi connectivity index (χ1) is 7.06. The molecule has 0 fully saturated rings. The molecule has 15 heavy (non-hydrogen) atoms. The van der Waals surface area contributed by atoms with E-state index in [0.29, 0.717) is 15.6 Å². The van der Waals surface area contributed by atoms with Crippen LogP contribution in [0.1, 0.15) is 25.5 Å². The summed E-state index contributed by atoms with van der Waals surface area (Å²) < 4.78 is 0. The SMILES string of the molecule is CCNC(C)C(O)c1ccc(Cl)cc1Cl. The second-order valence-corrected chi connectivity index (χ2v) is 4.30. The van der Waals surface area contributed by atoms with Crippen molar-refractivity contribution in [3.8, 4) is 0 Å². The zero-order chi connectivity index (χ0) is 11.4. The molecule has 0 saturated carbocycles. The van der Waals surface area contributed by atoms with Gasteiger partial charge in [0.05, 0.1) is 6.10 Å². The van der Waals surface area contributed by atoms with Crippen LogP contribution in [-0.4, -0.2) is 17.7 Å². The molecule has 2 N–H and O–H groups in total. The fourth-order valence-electron chi connectivity index (χ4n) is 1.44. The first kappa shape index (κ1) is 12.8. The van der Waals surface area contributed by atoms with Crippen molar-refractivity contribution in [2.75, 3.05) is 6.54 Å². The van der Waals surface area contributed by atoms with Gasteiger partial charge in [-0.1, -0.05) is 36.2 Å². The largest absolute Gasteiger partial charge is 0.387 e. The lowest BCUT2D eigenvalue weighted by atomic mass is 10.0. The van der Waals surface area contributed by atoms with E-state index < -0.39 is 6.10 Å². The van der Waals surface area contributed by atoms with Crippen LogP contribution in [0.3, 0.4) is 0 Å². The summed E-state index contributed by atoms with van der Waals surface area (Å²) in [5.74, 6) is 0. The predicted molar refractivity (Wildman–Crippen MR) is 64.6 cm³/mol. The van der Waals surface area contributed by atoms with Gasteiger partial charge in [-0.05, 0) is 25.6 Å². The topological polar surface area (TPSA) is 32.3 Å². The van der Waals surface area contributed by atoms with Gasteiger partial charge in [0.25, 0.3) is 0 Å². The van der Waals surface area contributed by atoms with E-state index in [1.54, 1.807) is 18.2 Å². The molecule has 1 rings (SSSR count). The maximum absolute atomic E-state index is 10.0. The van der Waals surface area contributed by atoms with Crippen LogP contribution in [0, 0.1) is 0 Å². The van der Waals surface area contributed by atoms with E-state index in [-0.39, 0.29) is 6.04 Å². The Balaban J connectivity index is 2.86. The predicted octanol–water partition coefficient (Wildman–Crippen LogP) is 3.02. The first-order valence-corrected chi connectivity index (χ1v) is 5.68. The van der Waals surface area contributed by atoms with Gasteiger partial charge in [0, 0.05) is 21.7 Å². The normalized spacial score (nSPS) is 15.0. The molecule has 0 aromatic heterocycles. The highest BCUT2D eigenvalue weighted by Crippen LogP contribution is 2.27. The van der Waals surface area contributed by atoms with Crippen molar-refractivity contribution in [2.45, 2.75) is 26.0 Å². The summed E-state index contributed by atoms with van der Waals surface area (Å²) in [6.45, 7) is 4.72. The molecule has 0 aliphatic rings. The highest BCUT2D eigenvalue weighted by molar-refractivity contribution is 6.35. The highest BCUT2D eigenvalue weighted by atomic mass is 35.5. The van der Waals surface area contributed by atoms with Crippen molar-refractivity contribution in [3.05, 3.63) is 33.8 Å². The fraction of sp³-hybridized carbons (Fsp3) is 0.455. The zero-order valence-corrected chi connectivity index (χ0v) is 10.3. The highest BCUT2D eigenvalue weighted by Gasteiger charge is 2.17. The molecular weight excluding hydrogens is 233 g/mol. The summed E-state index contributed by atoms with van der Waals surface area (Å²) in [6.07, 6.45) is -0.616. The molecule has 0 amide bonds. The van der Waals surface area contributed by atoms with Gasteiger partial charge in [-0.25, -0.2) is 0 Å². The smallest absolute Gasteiger partial charge is 0.0954 e. The maximum Gasteiger partial charge on any atom is 0.0954 e. The molecule has 0 heterocycles. The van der Waals surface area contributed by atoms with Gasteiger partial charge in [-0.2, -0.15) is 0 Å². The zero-order valence-electron chi connectivity index (χ0n) is 8.80. The molecule has 4 heteroatoms. The lowest BCUT2D eigenvalue weighted by molar-refractivity contribution is 0.137. The van der Waals surface area contributed by atoms with Crippen LogP contribution in [0.4, 0.5) is 0 Å². The number of hydrogen-bond donors (Lipinski definition) is 2. The van der Waals surface area contributed by atoms with E-state index in [1.807, 2.05) is 13.8 Å². The average molecular weight is 248 g/mol. The van der Waals surface area contributed by atoms with Crippen LogP contribution in [-0.2, 0) is 0 Å². The number of aliphatic hydroxyl groups excluding tert-OH is 1. The third-order valence-corrected chi connectivity index (χ3v) is 2.84. The quantitative estimate of drug-likeness (QED) is 0.858. The minimum atomic E-state index is -0.616. The van der Waals surface area contributed by atoms with Crippen molar-refractivity contribution in [1.29, 1.82) is 0 Å². The molecule has 0 radical (unpaired) electrons. The Morgan fingerprint density at radius 3 is 2.60 bits per heavy atom. The summed E-state index contributed by atoms with van der Waals surface area (Å²) in [5, 5.41) is 14.2. The number of benzene rings is 1. The fourth-order valence-corrected chi connectivity index (χ4v) is 1.96. The molecule has 0 saturated heterocycles. The summed E-state index contributed by atoms with van der Waals surface area (Å²) in [7, 11) is 0. The number of halogens is 2. The van der Waals surface area contributed by atoms with Gasteiger partial charge < -0.3 is 10.4 Å². The summed E-state index contributed by atoms with van der Waals surface area (Å²) in [4.78, 5) is 0. The number of nitrogens with one attached hydrogen (secondary N) is 1. The molecular formula is C11H15Cl2NO. The molecule has 0 aliphatic carbocycles. The Morgan fingerprint density at radius 2 is 2.07 bits per heavy atom.